The topological polar surface area (TPSA) is 78.0 Å². The number of aryl methyl sites for hydroxylation is 2. The van der Waals surface area contributed by atoms with Gasteiger partial charge in [0, 0.05) is 51.1 Å². The maximum Gasteiger partial charge on any atom is 0.243 e. The molecule has 0 aromatic heterocycles. The first-order valence-corrected chi connectivity index (χ1v) is 12.9. The fourth-order valence-corrected chi connectivity index (χ4v) is 6.57. The van der Waals surface area contributed by atoms with E-state index in [4.69, 9.17) is 0 Å². The van der Waals surface area contributed by atoms with Crippen molar-refractivity contribution >= 4 is 21.8 Å². The van der Waals surface area contributed by atoms with Gasteiger partial charge in [-0.1, -0.05) is 24.1 Å². The average molecular weight is 448 g/mol. The summed E-state index contributed by atoms with van der Waals surface area (Å²) in [4.78, 5) is 29.5. The SMILES string of the molecule is Cc1ccc(S(=O)(=O)N2CCC(C(=O)N3CCN(C(=O)C4CCC4)CC3)CC2)c(C)c1. The zero-order chi connectivity index (χ0) is 22.2. The molecule has 7 nitrogen and oxygen atoms in total. The number of piperazine rings is 1. The number of hydrogen-bond donors (Lipinski definition) is 0. The molecule has 2 aliphatic heterocycles. The second-order valence-electron chi connectivity index (χ2n) is 9.23. The van der Waals surface area contributed by atoms with E-state index < -0.39 is 10.0 Å². The largest absolute Gasteiger partial charge is 0.339 e. The van der Waals surface area contributed by atoms with E-state index in [9.17, 15) is 18.0 Å². The van der Waals surface area contributed by atoms with Crippen LogP contribution in [0.4, 0.5) is 0 Å². The lowest BCUT2D eigenvalue weighted by Gasteiger charge is -2.40. The summed E-state index contributed by atoms with van der Waals surface area (Å²) in [6.45, 7) is 6.90. The number of rotatable bonds is 4. The van der Waals surface area contributed by atoms with E-state index in [0.717, 1.165) is 30.4 Å². The predicted molar refractivity (Wildman–Crippen MR) is 118 cm³/mol. The van der Waals surface area contributed by atoms with Crippen molar-refractivity contribution in [2.24, 2.45) is 11.8 Å². The van der Waals surface area contributed by atoms with E-state index in [1.165, 1.54) is 4.31 Å². The van der Waals surface area contributed by atoms with Gasteiger partial charge in [0.15, 0.2) is 0 Å². The van der Waals surface area contributed by atoms with Crippen LogP contribution in [-0.4, -0.2) is 73.6 Å². The van der Waals surface area contributed by atoms with Crippen molar-refractivity contribution in [3.63, 3.8) is 0 Å². The summed E-state index contributed by atoms with van der Waals surface area (Å²) in [6, 6.07) is 5.39. The smallest absolute Gasteiger partial charge is 0.243 e. The van der Waals surface area contributed by atoms with Crippen molar-refractivity contribution in [2.45, 2.75) is 50.8 Å². The molecule has 2 heterocycles. The first-order valence-electron chi connectivity index (χ1n) is 11.4. The van der Waals surface area contributed by atoms with Crippen LogP contribution in [0.3, 0.4) is 0 Å². The first kappa shape index (κ1) is 22.3. The van der Waals surface area contributed by atoms with Crippen LogP contribution in [0.25, 0.3) is 0 Å². The third-order valence-electron chi connectivity index (χ3n) is 7.11. The van der Waals surface area contributed by atoms with Crippen molar-refractivity contribution in [2.75, 3.05) is 39.3 Å². The molecule has 2 saturated heterocycles. The number of amides is 2. The molecule has 31 heavy (non-hydrogen) atoms. The molecule has 1 aliphatic carbocycles. The molecular formula is C23H33N3O4S. The summed E-state index contributed by atoms with van der Waals surface area (Å²) in [5.41, 5.74) is 1.79. The number of carbonyl (C=O) groups is 2. The van der Waals surface area contributed by atoms with Gasteiger partial charge in [-0.25, -0.2) is 8.42 Å². The Morgan fingerprint density at radius 2 is 1.32 bits per heavy atom. The van der Waals surface area contributed by atoms with Crippen LogP contribution in [0.2, 0.25) is 0 Å². The van der Waals surface area contributed by atoms with Gasteiger partial charge in [-0.2, -0.15) is 4.31 Å². The molecule has 8 heteroatoms. The van der Waals surface area contributed by atoms with Crippen LogP contribution in [0.1, 0.15) is 43.2 Å². The summed E-state index contributed by atoms with van der Waals surface area (Å²) in [5, 5.41) is 0. The van der Waals surface area contributed by atoms with Gasteiger partial charge in [-0.3, -0.25) is 9.59 Å². The Hall–Kier alpha value is -1.93. The molecule has 1 aromatic rings. The molecule has 0 radical (unpaired) electrons. The number of benzene rings is 1. The molecule has 0 bridgehead atoms. The van der Waals surface area contributed by atoms with E-state index in [-0.39, 0.29) is 23.7 Å². The fourth-order valence-electron chi connectivity index (χ4n) is 4.89. The molecule has 0 unspecified atom stereocenters. The third-order valence-corrected chi connectivity index (χ3v) is 9.17. The van der Waals surface area contributed by atoms with E-state index in [1.807, 2.05) is 35.8 Å². The minimum absolute atomic E-state index is 0.110. The monoisotopic (exact) mass is 447 g/mol. The van der Waals surface area contributed by atoms with Crippen molar-refractivity contribution in [1.29, 1.82) is 0 Å². The second kappa shape index (κ2) is 8.90. The summed E-state index contributed by atoms with van der Waals surface area (Å²) in [6.07, 6.45) is 4.24. The highest BCUT2D eigenvalue weighted by atomic mass is 32.2. The number of piperidine rings is 1. The molecule has 170 valence electrons. The van der Waals surface area contributed by atoms with Crippen LogP contribution in [0, 0.1) is 25.7 Å². The minimum atomic E-state index is -3.54. The molecular weight excluding hydrogens is 414 g/mol. The molecule has 0 atom stereocenters. The predicted octanol–water partition coefficient (Wildman–Crippen LogP) is 2.18. The Labute approximate surface area is 185 Å². The van der Waals surface area contributed by atoms with Crippen molar-refractivity contribution < 1.29 is 18.0 Å². The van der Waals surface area contributed by atoms with Gasteiger partial charge in [-0.15, -0.1) is 0 Å². The van der Waals surface area contributed by atoms with Crippen LogP contribution < -0.4 is 0 Å². The summed E-state index contributed by atoms with van der Waals surface area (Å²) in [5.74, 6) is 0.424. The molecule has 1 saturated carbocycles. The van der Waals surface area contributed by atoms with Gasteiger partial charge in [0.05, 0.1) is 4.90 Å². The van der Waals surface area contributed by atoms with Crippen molar-refractivity contribution in [3.8, 4) is 0 Å². The lowest BCUT2D eigenvalue weighted by Crippen LogP contribution is -2.54. The van der Waals surface area contributed by atoms with Crippen molar-refractivity contribution in [1.82, 2.24) is 14.1 Å². The zero-order valence-corrected chi connectivity index (χ0v) is 19.4. The third kappa shape index (κ3) is 4.51. The standard InChI is InChI=1S/C23H33N3O4S/c1-17-6-7-21(18(2)16-17)31(29,30)26-10-8-20(9-11-26)23(28)25-14-12-24(13-15-25)22(27)19-4-3-5-19/h6-7,16,19-20H,3-5,8-15H2,1-2H3. The molecule has 3 fully saturated rings. The summed E-state index contributed by atoms with van der Waals surface area (Å²) in [7, 11) is -3.54. The highest BCUT2D eigenvalue weighted by Crippen LogP contribution is 2.30. The van der Waals surface area contributed by atoms with Crippen molar-refractivity contribution in [3.05, 3.63) is 29.3 Å². The van der Waals surface area contributed by atoms with Gasteiger partial charge in [0.25, 0.3) is 0 Å². The van der Waals surface area contributed by atoms with Crippen LogP contribution in [-0.2, 0) is 19.6 Å². The lowest BCUT2D eigenvalue weighted by atomic mass is 9.84. The maximum absolute atomic E-state index is 13.1. The van der Waals surface area contributed by atoms with Gasteiger partial charge < -0.3 is 9.80 Å². The molecule has 2 amide bonds. The van der Waals surface area contributed by atoms with Gasteiger partial charge in [-0.05, 0) is 51.2 Å². The quantitative estimate of drug-likeness (QED) is 0.709. The number of hydrogen-bond acceptors (Lipinski definition) is 4. The number of carbonyl (C=O) groups excluding carboxylic acids is 2. The van der Waals surface area contributed by atoms with Crippen LogP contribution in [0.5, 0.6) is 0 Å². The van der Waals surface area contributed by atoms with Gasteiger partial charge in [0.1, 0.15) is 0 Å². The van der Waals surface area contributed by atoms with Gasteiger partial charge in [0.2, 0.25) is 21.8 Å². The lowest BCUT2D eigenvalue weighted by molar-refractivity contribution is -0.146. The maximum atomic E-state index is 13.1. The summed E-state index contributed by atoms with van der Waals surface area (Å²) >= 11 is 0. The average Bonchev–Trinajstić information content (AvgIpc) is 2.72. The Kier molecular flexibility index (Phi) is 6.40. The van der Waals surface area contributed by atoms with Gasteiger partial charge >= 0.3 is 0 Å². The molecule has 4 rings (SSSR count). The zero-order valence-electron chi connectivity index (χ0n) is 18.5. The number of nitrogens with zero attached hydrogens (tertiary/aromatic N) is 3. The fraction of sp³-hybridized carbons (Fsp3) is 0.652. The minimum Gasteiger partial charge on any atom is -0.339 e. The molecule has 0 N–H and O–H groups in total. The normalized spacial score (nSPS) is 21.7. The van der Waals surface area contributed by atoms with E-state index >= 15 is 0 Å². The van der Waals surface area contributed by atoms with E-state index in [0.29, 0.717) is 57.0 Å². The Morgan fingerprint density at radius 3 is 1.77 bits per heavy atom. The second-order valence-corrected chi connectivity index (χ2v) is 11.1. The molecule has 3 aliphatic rings. The van der Waals surface area contributed by atoms with Crippen LogP contribution >= 0.6 is 0 Å². The highest BCUT2D eigenvalue weighted by Gasteiger charge is 2.36. The van der Waals surface area contributed by atoms with Crippen LogP contribution in [0.15, 0.2) is 23.1 Å². The molecule has 1 aromatic carbocycles. The Balaban J connectivity index is 1.30. The Bertz CT molecular complexity index is 942. The Morgan fingerprint density at radius 1 is 0.806 bits per heavy atom. The van der Waals surface area contributed by atoms with E-state index in [1.54, 1.807) is 6.07 Å². The highest BCUT2D eigenvalue weighted by molar-refractivity contribution is 7.89. The number of sulfonamides is 1. The van der Waals surface area contributed by atoms with E-state index in [2.05, 4.69) is 0 Å². The summed E-state index contributed by atoms with van der Waals surface area (Å²) < 4.78 is 27.7. The molecule has 0 spiro atoms. The first-order chi connectivity index (χ1) is 14.8.